The summed E-state index contributed by atoms with van der Waals surface area (Å²) in [6, 6.07) is 15.1. The summed E-state index contributed by atoms with van der Waals surface area (Å²) in [6.45, 7) is 6.81. The van der Waals surface area contributed by atoms with Crippen molar-refractivity contribution in [1.29, 1.82) is 0 Å². The molecule has 1 atom stereocenters. The third-order valence-electron chi connectivity index (χ3n) is 5.41. The highest BCUT2D eigenvalue weighted by atomic mass is 127. The highest BCUT2D eigenvalue weighted by Crippen LogP contribution is 2.27. The van der Waals surface area contributed by atoms with Gasteiger partial charge in [0.15, 0.2) is 5.96 Å². The van der Waals surface area contributed by atoms with Crippen molar-refractivity contribution in [2.24, 2.45) is 4.99 Å². The number of thiophene rings is 1. The lowest BCUT2D eigenvalue weighted by atomic mass is 10.1. The molecule has 30 heavy (non-hydrogen) atoms. The number of aromatic nitrogens is 1. The minimum atomic E-state index is 0. The Balaban J connectivity index is 0.00000256. The van der Waals surface area contributed by atoms with Crippen LogP contribution in [0, 0.1) is 0 Å². The van der Waals surface area contributed by atoms with Crippen LogP contribution in [0.25, 0.3) is 10.9 Å². The van der Waals surface area contributed by atoms with E-state index in [4.69, 9.17) is 4.99 Å². The van der Waals surface area contributed by atoms with Crippen LogP contribution in [-0.4, -0.2) is 42.0 Å². The number of fused-ring (bicyclic) bond motifs is 1. The first-order chi connectivity index (χ1) is 14.3. The van der Waals surface area contributed by atoms with Crippen LogP contribution in [0.15, 0.2) is 59.0 Å². The number of para-hydroxylation sites is 1. The molecule has 2 N–H and O–H groups in total. The summed E-state index contributed by atoms with van der Waals surface area (Å²) in [4.78, 5) is 13.3. The SMILES string of the molecule is CCNC(=NCc1ccnc2ccccc12)NCC(c1cccs1)N1CCCC1.I. The fraction of sp³-hybridized carbons (Fsp3) is 0.391. The molecule has 3 heterocycles. The fourth-order valence-electron chi connectivity index (χ4n) is 3.94. The number of pyridine rings is 1. The number of guanidine groups is 1. The Labute approximate surface area is 200 Å². The molecule has 1 saturated heterocycles. The van der Waals surface area contributed by atoms with Gasteiger partial charge in [-0.15, -0.1) is 35.3 Å². The molecule has 3 aromatic rings. The molecule has 0 aliphatic carbocycles. The van der Waals surface area contributed by atoms with Gasteiger partial charge in [0.1, 0.15) is 0 Å². The molecule has 1 unspecified atom stereocenters. The molecule has 1 aliphatic rings. The molecule has 4 rings (SSSR count). The third-order valence-corrected chi connectivity index (χ3v) is 6.38. The van der Waals surface area contributed by atoms with Crippen LogP contribution in [0.2, 0.25) is 0 Å². The van der Waals surface area contributed by atoms with E-state index >= 15 is 0 Å². The Morgan fingerprint density at radius 3 is 2.73 bits per heavy atom. The monoisotopic (exact) mass is 535 g/mol. The number of rotatable bonds is 7. The van der Waals surface area contributed by atoms with Crippen molar-refractivity contribution in [3.05, 3.63) is 64.5 Å². The summed E-state index contributed by atoms with van der Waals surface area (Å²) in [5, 5.41) is 10.3. The van der Waals surface area contributed by atoms with Gasteiger partial charge in [-0.2, -0.15) is 0 Å². The van der Waals surface area contributed by atoms with Gasteiger partial charge in [0.05, 0.1) is 18.1 Å². The van der Waals surface area contributed by atoms with E-state index in [0.29, 0.717) is 12.6 Å². The van der Waals surface area contributed by atoms with Crippen LogP contribution >= 0.6 is 35.3 Å². The molecule has 7 heteroatoms. The molecule has 160 valence electrons. The number of hydrogen-bond acceptors (Lipinski definition) is 4. The van der Waals surface area contributed by atoms with Gasteiger partial charge < -0.3 is 10.6 Å². The molecule has 0 radical (unpaired) electrons. The molecule has 0 spiro atoms. The lowest BCUT2D eigenvalue weighted by molar-refractivity contribution is 0.249. The van der Waals surface area contributed by atoms with Gasteiger partial charge in [-0.25, -0.2) is 4.99 Å². The Hall–Kier alpha value is -1.71. The van der Waals surface area contributed by atoms with Gasteiger partial charge in [0, 0.05) is 29.5 Å². The van der Waals surface area contributed by atoms with Crippen LogP contribution < -0.4 is 10.6 Å². The van der Waals surface area contributed by atoms with E-state index in [-0.39, 0.29) is 24.0 Å². The number of nitrogens with one attached hydrogen (secondary N) is 2. The van der Waals surface area contributed by atoms with Crippen LogP contribution in [-0.2, 0) is 6.54 Å². The van der Waals surface area contributed by atoms with Gasteiger partial charge in [-0.1, -0.05) is 24.3 Å². The Morgan fingerprint density at radius 1 is 1.13 bits per heavy atom. The summed E-state index contributed by atoms with van der Waals surface area (Å²) < 4.78 is 0. The number of benzene rings is 1. The zero-order valence-electron chi connectivity index (χ0n) is 17.4. The van der Waals surface area contributed by atoms with E-state index in [9.17, 15) is 0 Å². The summed E-state index contributed by atoms with van der Waals surface area (Å²) >= 11 is 1.85. The zero-order valence-corrected chi connectivity index (χ0v) is 20.5. The second-order valence-corrected chi connectivity index (χ2v) is 8.32. The van der Waals surface area contributed by atoms with Crippen molar-refractivity contribution in [2.75, 3.05) is 26.2 Å². The van der Waals surface area contributed by atoms with Crippen molar-refractivity contribution >= 4 is 52.2 Å². The van der Waals surface area contributed by atoms with Gasteiger partial charge >= 0.3 is 0 Å². The van der Waals surface area contributed by atoms with Crippen molar-refractivity contribution in [3.8, 4) is 0 Å². The van der Waals surface area contributed by atoms with E-state index in [1.165, 1.54) is 41.8 Å². The van der Waals surface area contributed by atoms with E-state index in [1.807, 2.05) is 29.7 Å². The van der Waals surface area contributed by atoms with Crippen LogP contribution in [0.3, 0.4) is 0 Å². The number of halogens is 1. The highest BCUT2D eigenvalue weighted by Gasteiger charge is 2.24. The zero-order chi connectivity index (χ0) is 19.9. The van der Waals surface area contributed by atoms with E-state index in [2.05, 4.69) is 63.2 Å². The second kappa shape index (κ2) is 11.6. The Morgan fingerprint density at radius 2 is 1.97 bits per heavy atom. The van der Waals surface area contributed by atoms with Gasteiger partial charge in [-0.3, -0.25) is 9.88 Å². The Kier molecular flexibility index (Phi) is 8.89. The average molecular weight is 535 g/mol. The van der Waals surface area contributed by atoms with Crippen molar-refractivity contribution in [1.82, 2.24) is 20.5 Å². The summed E-state index contributed by atoms with van der Waals surface area (Å²) in [5.74, 6) is 0.870. The molecule has 1 aromatic carbocycles. The molecule has 5 nitrogen and oxygen atoms in total. The van der Waals surface area contributed by atoms with E-state index in [0.717, 1.165) is 24.6 Å². The van der Waals surface area contributed by atoms with Crippen LogP contribution in [0.4, 0.5) is 0 Å². The minimum Gasteiger partial charge on any atom is -0.357 e. The summed E-state index contributed by atoms with van der Waals surface area (Å²) in [7, 11) is 0. The Bertz CT molecular complexity index is 932. The van der Waals surface area contributed by atoms with Gasteiger partial charge in [0.2, 0.25) is 0 Å². The van der Waals surface area contributed by atoms with Gasteiger partial charge in [0.25, 0.3) is 0 Å². The second-order valence-electron chi connectivity index (χ2n) is 7.34. The molecular weight excluding hydrogens is 505 g/mol. The van der Waals surface area contributed by atoms with Crippen LogP contribution in [0.1, 0.15) is 36.2 Å². The molecule has 0 bridgehead atoms. The first-order valence-electron chi connectivity index (χ1n) is 10.5. The predicted molar refractivity (Wildman–Crippen MR) is 138 cm³/mol. The minimum absolute atomic E-state index is 0. The quantitative estimate of drug-likeness (QED) is 0.259. The first kappa shape index (κ1) is 23.0. The smallest absolute Gasteiger partial charge is 0.191 e. The van der Waals surface area contributed by atoms with E-state index in [1.54, 1.807) is 0 Å². The first-order valence-corrected chi connectivity index (χ1v) is 11.4. The third kappa shape index (κ3) is 5.70. The average Bonchev–Trinajstić information content (AvgIpc) is 3.47. The lowest BCUT2D eigenvalue weighted by Crippen LogP contribution is -2.42. The maximum absolute atomic E-state index is 4.87. The summed E-state index contributed by atoms with van der Waals surface area (Å²) in [5.41, 5.74) is 2.21. The molecule has 1 fully saturated rings. The van der Waals surface area contributed by atoms with Gasteiger partial charge in [-0.05, 0) is 62.0 Å². The molecule has 1 aliphatic heterocycles. The topological polar surface area (TPSA) is 52.6 Å². The molecule has 0 saturated carbocycles. The predicted octanol–water partition coefficient (Wildman–Crippen LogP) is 4.81. The maximum Gasteiger partial charge on any atom is 0.191 e. The number of nitrogens with zero attached hydrogens (tertiary/aromatic N) is 3. The largest absolute Gasteiger partial charge is 0.357 e. The number of aliphatic imine (C=N–C) groups is 1. The molecular formula is C23H30IN5S. The van der Waals surface area contributed by atoms with E-state index < -0.39 is 0 Å². The highest BCUT2D eigenvalue weighted by molar-refractivity contribution is 14.0. The standard InChI is InChI=1S/C23H29N5S.HI/c1-2-24-23(26-16-18-11-12-25-20-9-4-3-8-19(18)20)27-17-21(22-10-7-15-29-22)28-13-5-6-14-28;/h3-4,7-12,15,21H,2,5-6,13-14,16-17H2,1H3,(H2,24,26,27);1H. The fourth-order valence-corrected chi connectivity index (χ4v) is 4.80. The number of hydrogen-bond donors (Lipinski definition) is 2. The molecule has 2 aromatic heterocycles. The lowest BCUT2D eigenvalue weighted by Gasteiger charge is -2.27. The maximum atomic E-state index is 4.87. The molecule has 0 amide bonds. The van der Waals surface area contributed by atoms with Crippen molar-refractivity contribution in [3.63, 3.8) is 0 Å². The summed E-state index contributed by atoms with van der Waals surface area (Å²) in [6.07, 6.45) is 4.46. The van der Waals surface area contributed by atoms with Crippen molar-refractivity contribution < 1.29 is 0 Å². The number of likely N-dealkylation sites (tertiary alicyclic amines) is 1. The van der Waals surface area contributed by atoms with Crippen molar-refractivity contribution in [2.45, 2.75) is 32.4 Å². The van der Waals surface area contributed by atoms with Crippen LogP contribution in [0.5, 0.6) is 0 Å². The normalized spacial score (nSPS) is 15.7.